The molecule has 1 fully saturated rings. The molecule has 1 aliphatic heterocycles. The molecule has 0 radical (unpaired) electrons. The third kappa shape index (κ3) is 4.82. The van der Waals surface area contributed by atoms with E-state index in [2.05, 4.69) is 46.7 Å². The Hall–Kier alpha value is -3.08. The first kappa shape index (κ1) is 21.2. The summed E-state index contributed by atoms with van der Waals surface area (Å²) in [5.74, 6) is 0.189. The number of Topliss-reactive ketones (excluding diaryl/α,β-unsaturated/α-hetero) is 1. The molecular formula is C24H27N5O2. The van der Waals surface area contributed by atoms with E-state index in [-0.39, 0.29) is 17.0 Å². The lowest BCUT2D eigenvalue weighted by Gasteiger charge is -2.22. The minimum atomic E-state index is -0.415. The summed E-state index contributed by atoms with van der Waals surface area (Å²) in [5, 5.41) is 13.3. The van der Waals surface area contributed by atoms with E-state index in [9.17, 15) is 10.1 Å². The molecule has 1 aromatic carbocycles. The number of hydrogen-bond acceptors (Lipinski definition) is 6. The molecule has 1 aliphatic rings. The highest BCUT2D eigenvalue weighted by atomic mass is 16.5. The number of hydrogen-bond donors (Lipinski definition) is 1. The van der Waals surface area contributed by atoms with Crippen molar-refractivity contribution in [1.29, 1.82) is 5.26 Å². The van der Waals surface area contributed by atoms with Gasteiger partial charge in [-0.15, -0.1) is 0 Å². The number of nitriles is 1. The summed E-state index contributed by atoms with van der Waals surface area (Å²) >= 11 is 0. The molecule has 31 heavy (non-hydrogen) atoms. The Morgan fingerprint density at radius 2 is 2.10 bits per heavy atom. The number of nitrogens with zero attached hydrogens (tertiary/aromatic N) is 4. The highest BCUT2D eigenvalue weighted by Gasteiger charge is 2.23. The van der Waals surface area contributed by atoms with E-state index in [1.165, 1.54) is 0 Å². The Morgan fingerprint density at radius 3 is 2.74 bits per heavy atom. The highest BCUT2D eigenvalue weighted by molar-refractivity contribution is 5.99. The molecule has 1 unspecified atom stereocenters. The largest absolute Gasteiger partial charge is 0.367 e. The van der Waals surface area contributed by atoms with Crippen molar-refractivity contribution in [2.45, 2.75) is 39.8 Å². The van der Waals surface area contributed by atoms with E-state index in [4.69, 9.17) is 4.74 Å². The SMILES string of the molecule is CC(C)(C)Cn1c(Cc2ccc(C(=O)C3CNCCO3)cc2)cc2cnc(C#N)nc21. The van der Waals surface area contributed by atoms with Crippen LogP contribution >= 0.6 is 0 Å². The number of fused-ring (bicyclic) bond motifs is 1. The van der Waals surface area contributed by atoms with Gasteiger partial charge in [0.15, 0.2) is 5.78 Å². The van der Waals surface area contributed by atoms with E-state index in [1.54, 1.807) is 6.20 Å². The second-order valence-corrected chi connectivity index (χ2v) is 9.17. The first-order chi connectivity index (χ1) is 14.8. The predicted octanol–water partition coefficient (Wildman–Crippen LogP) is 3.11. The third-order valence-corrected chi connectivity index (χ3v) is 5.30. The van der Waals surface area contributed by atoms with Crippen molar-refractivity contribution in [3.63, 3.8) is 0 Å². The van der Waals surface area contributed by atoms with Crippen LogP contribution < -0.4 is 5.32 Å². The van der Waals surface area contributed by atoms with Gasteiger partial charge in [-0.3, -0.25) is 4.79 Å². The summed E-state index contributed by atoms with van der Waals surface area (Å²) in [5.41, 5.74) is 3.70. The molecule has 1 N–H and O–H groups in total. The van der Waals surface area contributed by atoms with Crippen molar-refractivity contribution in [3.05, 3.63) is 59.2 Å². The number of ketones is 1. The molecule has 7 heteroatoms. The minimum absolute atomic E-state index is 0.0138. The Balaban J connectivity index is 1.61. The maximum Gasteiger partial charge on any atom is 0.234 e. The summed E-state index contributed by atoms with van der Waals surface area (Å²) in [7, 11) is 0. The molecule has 1 atom stereocenters. The van der Waals surface area contributed by atoms with Crippen molar-refractivity contribution in [1.82, 2.24) is 19.9 Å². The topological polar surface area (TPSA) is 92.8 Å². The zero-order chi connectivity index (χ0) is 22.0. The van der Waals surface area contributed by atoms with Crippen LogP contribution in [0.25, 0.3) is 11.0 Å². The summed E-state index contributed by atoms with van der Waals surface area (Å²) in [6.07, 6.45) is 2.00. The lowest BCUT2D eigenvalue weighted by atomic mass is 9.96. The van der Waals surface area contributed by atoms with Gasteiger partial charge in [-0.05, 0) is 17.0 Å². The average molecular weight is 418 g/mol. The molecule has 0 spiro atoms. The number of rotatable bonds is 5. The van der Waals surface area contributed by atoms with E-state index in [0.717, 1.165) is 35.4 Å². The maximum atomic E-state index is 12.6. The summed E-state index contributed by atoms with van der Waals surface area (Å²) in [4.78, 5) is 21.2. The first-order valence-corrected chi connectivity index (χ1v) is 10.5. The van der Waals surface area contributed by atoms with E-state index < -0.39 is 6.10 Å². The van der Waals surface area contributed by atoms with Crippen LogP contribution in [0.1, 0.15) is 48.2 Å². The average Bonchev–Trinajstić information content (AvgIpc) is 3.09. The van der Waals surface area contributed by atoms with E-state index >= 15 is 0 Å². The van der Waals surface area contributed by atoms with Crippen LogP contribution in [0.3, 0.4) is 0 Å². The van der Waals surface area contributed by atoms with Gasteiger partial charge in [0, 0.05) is 48.9 Å². The smallest absolute Gasteiger partial charge is 0.234 e. The molecular weight excluding hydrogens is 390 g/mol. The van der Waals surface area contributed by atoms with Gasteiger partial charge in [-0.2, -0.15) is 5.26 Å². The third-order valence-electron chi connectivity index (χ3n) is 5.30. The highest BCUT2D eigenvalue weighted by Crippen LogP contribution is 2.26. The fourth-order valence-electron chi connectivity index (χ4n) is 3.86. The number of ether oxygens (including phenoxy) is 1. The van der Waals surface area contributed by atoms with E-state index in [0.29, 0.717) is 25.1 Å². The molecule has 3 aromatic rings. The first-order valence-electron chi connectivity index (χ1n) is 10.5. The molecule has 3 heterocycles. The molecule has 7 nitrogen and oxygen atoms in total. The Bertz CT molecular complexity index is 1130. The molecule has 1 saturated heterocycles. The maximum absolute atomic E-state index is 12.6. The zero-order valence-corrected chi connectivity index (χ0v) is 18.2. The Labute approximate surface area is 182 Å². The fourth-order valence-corrected chi connectivity index (χ4v) is 3.86. The number of nitrogens with one attached hydrogen (secondary N) is 1. The van der Waals surface area contributed by atoms with Crippen molar-refractivity contribution in [2.24, 2.45) is 5.41 Å². The number of carbonyl (C=O) groups excluding carboxylic acids is 1. The van der Waals surface area contributed by atoms with Gasteiger partial charge < -0.3 is 14.6 Å². The summed E-state index contributed by atoms with van der Waals surface area (Å²) < 4.78 is 7.76. The van der Waals surface area contributed by atoms with Crippen molar-refractivity contribution in [3.8, 4) is 6.07 Å². The van der Waals surface area contributed by atoms with Crippen LogP contribution in [0.5, 0.6) is 0 Å². The van der Waals surface area contributed by atoms with Crippen molar-refractivity contribution < 1.29 is 9.53 Å². The molecule has 4 rings (SSSR count). The number of morpholine rings is 1. The van der Waals surface area contributed by atoms with Crippen LogP contribution in [-0.4, -0.2) is 46.1 Å². The summed E-state index contributed by atoms with van der Waals surface area (Å²) in [6.45, 7) is 9.21. The zero-order valence-electron chi connectivity index (χ0n) is 18.2. The molecule has 0 amide bonds. The molecule has 0 bridgehead atoms. The Kier molecular flexibility index (Phi) is 5.86. The van der Waals surface area contributed by atoms with Gasteiger partial charge in [-0.1, -0.05) is 45.0 Å². The predicted molar refractivity (Wildman–Crippen MR) is 118 cm³/mol. The fraction of sp³-hybridized carbons (Fsp3) is 0.417. The normalized spacial score (nSPS) is 16.9. The molecule has 0 saturated carbocycles. The number of benzene rings is 1. The molecule has 2 aromatic heterocycles. The van der Waals surface area contributed by atoms with Crippen LogP contribution in [0.15, 0.2) is 36.5 Å². The van der Waals surface area contributed by atoms with Crippen LogP contribution in [0.4, 0.5) is 0 Å². The second kappa shape index (κ2) is 8.58. The van der Waals surface area contributed by atoms with E-state index in [1.807, 2.05) is 30.3 Å². The van der Waals surface area contributed by atoms with Crippen LogP contribution in [-0.2, 0) is 17.7 Å². The number of aromatic nitrogens is 3. The summed E-state index contributed by atoms with van der Waals surface area (Å²) in [6, 6.07) is 11.9. The standard InChI is InChI=1S/C24H27N5O2/c1-24(2,3)15-29-19(11-18-13-27-21(12-25)28-23(18)29)10-16-4-6-17(7-5-16)22(30)20-14-26-8-9-31-20/h4-7,11,13,20,26H,8-10,14-15H2,1-3H3. The molecule has 160 valence electrons. The molecule has 0 aliphatic carbocycles. The monoisotopic (exact) mass is 417 g/mol. The van der Waals surface area contributed by atoms with Gasteiger partial charge >= 0.3 is 0 Å². The lowest BCUT2D eigenvalue weighted by molar-refractivity contribution is 0.0269. The second-order valence-electron chi connectivity index (χ2n) is 9.17. The van der Waals surface area contributed by atoms with Gasteiger partial charge in [0.05, 0.1) is 6.61 Å². The van der Waals surface area contributed by atoms with Gasteiger partial charge in [0.1, 0.15) is 17.8 Å². The van der Waals surface area contributed by atoms with Crippen LogP contribution in [0.2, 0.25) is 0 Å². The van der Waals surface area contributed by atoms with Gasteiger partial charge in [0.2, 0.25) is 5.82 Å². The number of carbonyl (C=O) groups is 1. The van der Waals surface area contributed by atoms with Crippen molar-refractivity contribution >= 4 is 16.8 Å². The minimum Gasteiger partial charge on any atom is -0.367 e. The van der Waals surface area contributed by atoms with Gasteiger partial charge in [-0.25, -0.2) is 9.97 Å². The van der Waals surface area contributed by atoms with Crippen LogP contribution in [0, 0.1) is 16.7 Å². The Morgan fingerprint density at radius 1 is 1.32 bits per heavy atom. The van der Waals surface area contributed by atoms with Crippen molar-refractivity contribution in [2.75, 3.05) is 19.7 Å². The lowest BCUT2D eigenvalue weighted by Crippen LogP contribution is -2.43. The quantitative estimate of drug-likeness (QED) is 0.641. The van der Waals surface area contributed by atoms with Gasteiger partial charge in [0.25, 0.3) is 0 Å².